The second-order valence-electron chi connectivity index (χ2n) is 7.79. The fourth-order valence-corrected chi connectivity index (χ4v) is 3.43. The number of hydroxylamine groups is 1. The molecule has 0 unspecified atom stereocenters. The predicted octanol–water partition coefficient (Wildman–Crippen LogP) is 3.92. The largest absolute Gasteiger partial charge is 0.445 e. The van der Waals surface area contributed by atoms with Gasteiger partial charge >= 0.3 is 6.09 Å². The fraction of sp³-hybridized carbons (Fsp3) is 0.280. The third-order valence-corrected chi connectivity index (χ3v) is 5.21. The van der Waals surface area contributed by atoms with Crippen LogP contribution in [0.25, 0.3) is 10.9 Å². The van der Waals surface area contributed by atoms with Crippen molar-refractivity contribution in [3.05, 3.63) is 72.4 Å². The van der Waals surface area contributed by atoms with E-state index in [9.17, 15) is 14.4 Å². The zero-order valence-corrected chi connectivity index (χ0v) is 18.7. The summed E-state index contributed by atoms with van der Waals surface area (Å²) in [4.78, 5) is 40.8. The maximum Gasteiger partial charge on any atom is 0.408 e. The number of carbonyl (C=O) groups excluding carboxylic acids is 3. The molecule has 4 N–H and O–H groups in total. The van der Waals surface area contributed by atoms with Crippen LogP contribution in [0.1, 0.15) is 37.7 Å². The fourth-order valence-electron chi connectivity index (χ4n) is 3.43. The minimum Gasteiger partial charge on any atom is -0.445 e. The Morgan fingerprint density at radius 3 is 2.59 bits per heavy atom. The van der Waals surface area contributed by atoms with Crippen LogP contribution in [-0.4, -0.2) is 34.1 Å². The van der Waals surface area contributed by atoms with Gasteiger partial charge in [-0.15, -0.1) is 0 Å². The van der Waals surface area contributed by atoms with Crippen LogP contribution >= 0.6 is 0 Å². The van der Waals surface area contributed by atoms with Gasteiger partial charge in [-0.2, -0.15) is 0 Å². The molecule has 1 aromatic heterocycles. The maximum atomic E-state index is 13.0. The molecule has 2 aromatic carbocycles. The number of ether oxygens (including phenoxy) is 1. The molecule has 34 heavy (non-hydrogen) atoms. The maximum absolute atomic E-state index is 13.0. The third kappa shape index (κ3) is 7.86. The molecular weight excluding hydrogens is 436 g/mol. The SMILES string of the molecule is O=C(CCCCC[C@H](NC(=O)OCc1ccccc1)C(=O)Nc1ccc2ncccc2c1)NO. The summed E-state index contributed by atoms with van der Waals surface area (Å²) in [5.74, 6) is -0.823. The molecule has 0 bridgehead atoms. The standard InChI is InChI=1S/C25H28N4O5/c30-23(29-33)12-6-2-5-11-22(28-25(32)34-17-18-8-3-1-4-9-18)24(31)27-20-13-14-21-19(16-20)10-7-15-26-21/h1,3-4,7-10,13-16,22,33H,2,5-6,11-12,17H2,(H,27,31)(H,28,32)(H,29,30)/t22-/m0/s1. The summed E-state index contributed by atoms with van der Waals surface area (Å²) in [6, 6.07) is 17.5. The highest BCUT2D eigenvalue weighted by molar-refractivity contribution is 5.98. The zero-order chi connectivity index (χ0) is 24.2. The topological polar surface area (TPSA) is 130 Å². The summed E-state index contributed by atoms with van der Waals surface area (Å²) in [5.41, 5.74) is 3.84. The van der Waals surface area contributed by atoms with Crippen molar-refractivity contribution < 1.29 is 24.3 Å². The molecule has 9 nitrogen and oxygen atoms in total. The molecule has 178 valence electrons. The van der Waals surface area contributed by atoms with Gasteiger partial charge in [0.15, 0.2) is 0 Å². The van der Waals surface area contributed by atoms with E-state index in [2.05, 4.69) is 15.6 Å². The number of hydrogen-bond acceptors (Lipinski definition) is 6. The number of alkyl carbamates (subject to hydrolysis) is 1. The van der Waals surface area contributed by atoms with Crippen molar-refractivity contribution in [2.75, 3.05) is 5.32 Å². The first-order valence-electron chi connectivity index (χ1n) is 11.1. The van der Waals surface area contributed by atoms with Crippen LogP contribution in [0.5, 0.6) is 0 Å². The average Bonchev–Trinajstić information content (AvgIpc) is 2.86. The van der Waals surface area contributed by atoms with Gasteiger partial charge < -0.3 is 15.4 Å². The van der Waals surface area contributed by atoms with Crippen LogP contribution in [-0.2, 0) is 20.9 Å². The molecule has 0 spiro atoms. The molecule has 1 atom stereocenters. The van der Waals surface area contributed by atoms with Gasteiger partial charge in [0, 0.05) is 23.7 Å². The number of nitrogens with one attached hydrogen (secondary N) is 3. The first kappa shape index (κ1) is 24.7. The Bertz CT molecular complexity index is 1110. The first-order valence-corrected chi connectivity index (χ1v) is 11.1. The highest BCUT2D eigenvalue weighted by atomic mass is 16.5. The second kappa shape index (κ2) is 12.9. The van der Waals surface area contributed by atoms with Gasteiger partial charge in [-0.05, 0) is 42.7 Å². The van der Waals surface area contributed by atoms with Crippen LogP contribution in [0.3, 0.4) is 0 Å². The Morgan fingerprint density at radius 2 is 1.79 bits per heavy atom. The van der Waals surface area contributed by atoms with E-state index < -0.39 is 18.0 Å². The van der Waals surface area contributed by atoms with E-state index >= 15 is 0 Å². The average molecular weight is 465 g/mol. The number of aromatic nitrogens is 1. The number of rotatable bonds is 11. The van der Waals surface area contributed by atoms with Crippen molar-refractivity contribution in [3.8, 4) is 0 Å². The molecule has 3 amide bonds. The van der Waals surface area contributed by atoms with Crippen LogP contribution in [0.15, 0.2) is 66.9 Å². The number of benzene rings is 2. The number of pyridine rings is 1. The number of unbranched alkanes of at least 4 members (excludes halogenated alkanes) is 2. The first-order chi connectivity index (χ1) is 16.5. The summed E-state index contributed by atoms with van der Waals surface area (Å²) in [5, 5.41) is 15.0. The highest BCUT2D eigenvalue weighted by Crippen LogP contribution is 2.18. The van der Waals surface area contributed by atoms with E-state index in [1.807, 2.05) is 54.6 Å². The summed E-state index contributed by atoms with van der Waals surface area (Å²) in [6.07, 6.45) is 3.36. The van der Waals surface area contributed by atoms with Crippen LogP contribution in [0, 0.1) is 0 Å². The van der Waals surface area contributed by atoms with E-state index in [0.717, 1.165) is 16.5 Å². The molecule has 3 rings (SSSR count). The van der Waals surface area contributed by atoms with E-state index in [-0.39, 0.29) is 18.9 Å². The van der Waals surface area contributed by atoms with Crippen LogP contribution in [0.4, 0.5) is 10.5 Å². The molecular formula is C25H28N4O5. The van der Waals surface area contributed by atoms with Gasteiger partial charge in [0.05, 0.1) is 5.52 Å². The molecule has 0 aliphatic carbocycles. The Morgan fingerprint density at radius 1 is 0.971 bits per heavy atom. The third-order valence-electron chi connectivity index (χ3n) is 5.21. The molecule has 0 saturated heterocycles. The minimum absolute atomic E-state index is 0.0922. The lowest BCUT2D eigenvalue weighted by Gasteiger charge is -2.18. The molecule has 0 aliphatic rings. The lowest BCUT2D eigenvalue weighted by molar-refractivity contribution is -0.129. The molecule has 0 saturated carbocycles. The van der Waals surface area contributed by atoms with Crippen molar-refractivity contribution in [2.24, 2.45) is 0 Å². The number of fused-ring (bicyclic) bond motifs is 1. The van der Waals surface area contributed by atoms with Gasteiger partial charge in [0.1, 0.15) is 12.6 Å². The number of anilines is 1. The van der Waals surface area contributed by atoms with Gasteiger partial charge in [-0.3, -0.25) is 19.8 Å². The number of hydrogen-bond donors (Lipinski definition) is 4. The van der Waals surface area contributed by atoms with Gasteiger partial charge in [-0.1, -0.05) is 49.2 Å². The Kier molecular flexibility index (Phi) is 9.36. The highest BCUT2D eigenvalue weighted by Gasteiger charge is 2.21. The molecule has 1 heterocycles. The lowest BCUT2D eigenvalue weighted by Crippen LogP contribution is -2.44. The summed E-state index contributed by atoms with van der Waals surface area (Å²) < 4.78 is 5.27. The monoisotopic (exact) mass is 464 g/mol. The summed E-state index contributed by atoms with van der Waals surface area (Å²) in [6.45, 7) is 0.0922. The molecule has 0 fully saturated rings. The summed E-state index contributed by atoms with van der Waals surface area (Å²) in [7, 11) is 0. The number of amides is 3. The molecule has 0 aliphatic heterocycles. The van der Waals surface area contributed by atoms with Gasteiger partial charge in [0.25, 0.3) is 0 Å². The molecule has 3 aromatic rings. The van der Waals surface area contributed by atoms with Crippen LogP contribution in [0.2, 0.25) is 0 Å². The quantitative estimate of drug-likeness (QED) is 0.193. The van der Waals surface area contributed by atoms with Crippen molar-refractivity contribution in [2.45, 2.75) is 44.8 Å². The number of nitrogens with zero attached hydrogens (tertiary/aromatic N) is 1. The second-order valence-corrected chi connectivity index (χ2v) is 7.79. The minimum atomic E-state index is -0.820. The zero-order valence-electron chi connectivity index (χ0n) is 18.7. The molecule has 0 radical (unpaired) electrons. The van der Waals surface area contributed by atoms with Gasteiger partial charge in [0.2, 0.25) is 11.8 Å². The van der Waals surface area contributed by atoms with E-state index in [1.165, 1.54) is 0 Å². The lowest BCUT2D eigenvalue weighted by atomic mass is 10.1. The van der Waals surface area contributed by atoms with Crippen molar-refractivity contribution >= 4 is 34.5 Å². The van der Waals surface area contributed by atoms with Crippen molar-refractivity contribution in [3.63, 3.8) is 0 Å². The van der Waals surface area contributed by atoms with E-state index in [4.69, 9.17) is 9.94 Å². The van der Waals surface area contributed by atoms with Crippen LogP contribution < -0.4 is 16.1 Å². The summed E-state index contributed by atoms with van der Waals surface area (Å²) >= 11 is 0. The van der Waals surface area contributed by atoms with Crippen molar-refractivity contribution in [1.82, 2.24) is 15.8 Å². The smallest absolute Gasteiger partial charge is 0.408 e. The predicted molar refractivity (Wildman–Crippen MR) is 127 cm³/mol. The molecule has 9 heteroatoms. The Hall–Kier alpha value is -3.98. The Balaban J connectivity index is 1.59. The normalized spacial score (nSPS) is 11.4. The van der Waals surface area contributed by atoms with E-state index in [1.54, 1.807) is 17.7 Å². The van der Waals surface area contributed by atoms with Crippen molar-refractivity contribution in [1.29, 1.82) is 0 Å². The Labute approximate surface area is 197 Å². The van der Waals surface area contributed by atoms with E-state index in [0.29, 0.717) is 31.4 Å². The number of carbonyl (C=O) groups is 3. The van der Waals surface area contributed by atoms with Gasteiger partial charge in [-0.25, -0.2) is 10.3 Å².